The zero-order valence-corrected chi connectivity index (χ0v) is 17.3. The van der Waals surface area contributed by atoms with Crippen LogP contribution in [-0.2, 0) is 18.8 Å². The van der Waals surface area contributed by atoms with Crippen molar-refractivity contribution < 1.29 is 9.72 Å². The second-order valence-corrected chi connectivity index (χ2v) is 7.50. The van der Waals surface area contributed by atoms with Gasteiger partial charge in [0.05, 0.1) is 11.5 Å². The van der Waals surface area contributed by atoms with E-state index in [2.05, 4.69) is 22.1 Å². The van der Waals surface area contributed by atoms with Crippen LogP contribution in [0.5, 0.6) is 0 Å². The summed E-state index contributed by atoms with van der Waals surface area (Å²) in [6.45, 7) is 6.46. The molecule has 1 heterocycles. The molecule has 0 radical (unpaired) electrons. The molecule has 0 aliphatic rings. The first-order valence-electron chi connectivity index (χ1n) is 9.22. The number of non-ortho nitro benzene ring substituents is 1. The molecule has 0 fully saturated rings. The van der Waals surface area contributed by atoms with Gasteiger partial charge < -0.3 is 9.88 Å². The van der Waals surface area contributed by atoms with E-state index >= 15 is 0 Å². The number of nitrogens with zero attached hydrogens (tertiary/aromatic N) is 4. The number of carbonyl (C=O) groups is 1. The van der Waals surface area contributed by atoms with Gasteiger partial charge in [-0.3, -0.25) is 14.9 Å². The molecule has 3 rings (SSSR count). The maximum absolute atomic E-state index is 12.4. The Morgan fingerprint density at radius 3 is 2.70 bits per heavy atom. The molecule has 0 aliphatic carbocycles. The fourth-order valence-electron chi connectivity index (χ4n) is 2.78. The zero-order valence-electron chi connectivity index (χ0n) is 16.4. The topological polar surface area (TPSA) is 103 Å². The summed E-state index contributed by atoms with van der Waals surface area (Å²) in [5.74, 6) is 1.04. The summed E-state index contributed by atoms with van der Waals surface area (Å²) in [5, 5.41) is 22.8. The standard InChI is InChI=1S/C21H21N5O3S/c1-3-11-25-19(13-22-20(27)17-6-4-5-15(2)12-17)23-24-21(25)30-14-16-7-9-18(10-8-16)26(28)29/h3-10,12H,1,11,13-14H2,2H3,(H,22,27). The number of aryl methyl sites for hydroxylation is 1. The summed E-state index contributed by atoms with van der Waals surface area (Å²) in [4.78, 5) is 22.7. The number of rotatable bonds is 9. The van der Waals surface area contributed by atoms with Crippen molar-refractivity contribution in [2.24, 2.45) is 0 Å². The van der Waals surface area contributed by atoms with Crippen LogP contribution in [0.15, 0.2) is 66.3 Å². The lowest BCUT2D eigenvalue weighted by atomic mass is 10.1. The van der Waals surface area contributed by atoms with Crippen molar-refractivity contribution in [1.82, 2.24) is 20.1 Å². The lowest BCUT2D eigenvalue weighted by molar-refractivity contribution is -0.384. The maximum Gasteiger partial charge on any atom is 0.269 e. The molecule has 30 heavy (non-hydrogen) atoms. The van der Waals surface area contributed by atoms with Gasteiger partial charge in [-0.05, 0) is 24.6 Å². The van der Waals surface area contributed by atoms with Crippen LogP contribution in [0, 0.1) is 17.0 Å². The van der Waals surface area contributed by atoms with Crippen molar-refractivity contribution in [3.63, 3.8) is 0 Å². The molecule has 8 nitrogen and oxygen atoms in total. The van der Waals surface area contributed by atoms with Crippen LogP contribution in [-0.4, -0.2) is 25.6 Å². The zero-order chi connectivity index (χ0) is 21.5. The van der Waals surface area contributed by atoms with Crippen molar-refractivity contribution in [2.75, 3.05) is 0 Å². The fraction of sp³-hybridized carbons (Fsp3) is 0.190. The average Bonchev–Trinajstić information content (AvgIpc) is 3.12. The van der Waals surface area contributed by atoms with Crippen LogP contribution in [0.2, 0.25) is 0 Å². The van der Waals surface area contributed by atoms with Gasteiger partial charge in [0, 0.05) is 30.0 Å². The number of benzene rings is 2. The number of aromatic nitrogens is 3. The van der Waals surface area contributed by atoms with Crippen LogP contribution in [0.25, 0.3) is 0 Å². The Morgan fingerprint density at radius 1 is 1.27 bits per heavy atom. The van der Waals surface area contributed by atoms with Crippen LogP contribution in [0.4, 0.5) is 5.69 Å². The highest BCUT2D eigenvalue weighted by Gasteiger charge is 2.14. The molecule has 0 aliphatic heterocycles. The molecule has 0 atom stereocenters. The summed E-state index contributed by atoms with van der Waals surface area (Å²) in [6, 6.07) is 13.8. The molecule has 3 aromatic rings. The van der Waals surface area contributed by atoms with Gasteiger partial charge in [0.15, 0.2) is 11.0 Å². The molecular weight excluding hydrogens is 402 g/mol. The number of carbonyl (C=O) groups excluding carboxylic acids is 1. The third-order valence-corrected chi connectivity index (χ3v) is 5.35. The number of thioether (sulfide) groups is 1. The molecule has 154 valence electrons. The molecule has 1 aromatic heterocycles. The van der Waals surface area contributed by atoms with Gasteiger partial charge >= 0.3 is 0 Å². The Bertz CT molecular complexity index is 1060. The van der Waals surface area contributed by atoms with Crippen molar-refractivity contribution in [3.05, 3.63) is 93.8 Å². The normalized spacial score (nSPS) is 10.6. The summed E-state index contributed by atoms with van der Waals surface area (Å²) in [6.07, 6.45) is 1.74. The van der Waals surface area contributed by atoms with Crippen LogP contribution >= 0.6 is 11.8 Å². The van der Waals surface area contributed by atoms with Gasteiger partial charge in [-0.15, -0.1) is 16.8 Å². The van der Waals surface area contributed by atoms with E-state index < -0.39 is 4.92 Å². The SMILES string of the molecule is C=CCn1c(CNC(=O)c2cccc(C)c2)nnc1SCc1ccc([N+](=O)[O-])cc1. The third-order valence-electron chi connectivity index (χ3n) is 4.31. The minimum Gasteiger partial charge on any atom is -0.345 e. The third kappa shape index (κ3) is 5.32. The van der Waals surface area contributed by atoms with Crippen molar-refractivity contribution in [3.8, 4) is 0 Å². The van der Waals surface area contributed by atoms with E-state index in [0.29, 0.717) is 28.8 Å². The Balaban J connectivity index is 1.66. The summed E-state index contributed by atoms with van der Waals surface area (Å²) in [5.41, 5.74) is 2.61. The quantitative estimate of drug-likeness (QED) is 0.242. The van der Waals surface area contributed by atoms with Crippen LogP contribution in [0.3, 0.4) is 0 Å². The molecule has 0 bridgehead atoms. The van der Waals surface area contributed by atoms with Gasteiger partial charge in [0.1, 0.15) is 0 Å². The smallest absolute Gasteiger partial charge is 0.269 e. The Labute approximate surface area is 178 Å². The van der Waals surface area contributed by atoms with Crippen molar-refractivity contribution in [2.45, 2.75) is 30.9 Å². The maximum atomic E-state index is 12.4. The fourth-order valence-corrected chi connectivity index (χ4v) is 3.70. The minimum absolute atomic E-state index is 0.0604. The summed E-state index contributed by atoms with van der Waals surface area (Å²) < 4.78 is 1.89. The largest absolute Gasteiger partial charge is 0.345 e. The van der Waals surface area contributed by atoms with Gasteiger partial charge in [0.25, 0.3) is 11.6 Å². The molecule has 1 amide bonds. The first-order chi connectivity index (χ1) is 14.5. The summed E-state index contributed by atoms with van der Waals surface area (Å²) in [7, 11) is 0. The lowest BCUT2D eigenvalue weighted by Gasteiger charge is -2.09. The van der Waals surface area contributed by atoms with Gasteiger partial charge in [-0.25, -0.2) is 0 Å². The number of nitro groups is 1. The van der Waals surface area contributed by atoms with Gasteiger partial charge in [-0.2, -0.15) is 0 Å². The average molecular weight is 423 g/mol. The van der Waals surface area contributed by atoms with E-state index in [-0.39, 0.29) is 18.1 Å². The van der Waals surface area contributed by atoms with E-state index in [1.165, 1.54) is 23.9 Å². The molecule has 0 saturated heterocycles. The van der Waals surface area contributed by atoms with Crippen LogP contribution < -0.4 is 5.32 Å². The predicted octanol–water partition coefficient (Wildman–Crippen LogP) is 3.90. The second kappa shape index (κ2) is 9.84. The number of hydrogen-bond acceptors (Lipinski definition) is 6. The minimum atomic E-state index is -0.422. The molecule has 0 unspecified atom stereocenters. The Kier molecular flexibility index (Phi) is 6.97. The van der Waals surface area contributed by atoms with E-state index in [9.17, 15) is 14.9 Å². The monoisotopic (exact) mass is 423 g/mol. The highest BCUT2D eigenvalue weighted by Crippen LogP contribution is 2.23. The number of nitro benzene ring substituents is 1. The Morgan fingerprint density at radius 2 is 2.03 bits per heavy atom. The first kappa shape index (κ1) is 21.3. The van der Waals surface area contributed by atoms with Gasteiger partial charge in [0.2, 0.25) is 0 Å². The molecule has 1 N–H and O–H groups in total. The number of hydrogen-bond donors (Lipinski definition) is 1. The first-order valence-corrected chi connectivity index (χ1v) is 10.2. The highest BCUT2D eigenvalue weighted by molar-refractivity contribution is 7.98. The van der Waals surface area contributed by atoms with E-state index in [0.717, 1.165) is 11.1 Å². The lowest BCUT2D eigenvalue weighted by Crippen LogP contribution is -2.24. The van der Waals surface area contributed by atoms with E-state index in [1.807, 2.05) is 29.7 Å². The van der Waals surface area contributed by atoms with Crippen molar-refractivity contribution in [1.29, 1.82) is 0 Å². The predicted molar refractivity (Wildman–Crippen MR) is 115 cm³/mol. The number of allylic oxidation sites excluding steroid dienone is 1. The molecule has 2 aromatic carbocycles. The van der Waals surface area contributed by atoms with E-state index in [1.54, 1.807) is 24.3 Å². The molecular formula is C21H21N5O3S. The van der Waals surface area contributed by atoms with Gasteiger partial charge in [-0.1, -0.05) is 47.7 Å². The van der Waals surface area contributed by atoms with E-state index in [4.69, 9.17) is 0 Å². The molecule has 0 saturated carbocycles. The number of amides is 1. The molecule has 9 heteroatoms. The van der Waals surface area contributed by atoms with Crippen LogP contribution in [0.1, 0.15) is 27.3 Å². The molecule has 0 spiro atoms. The Hall–Kier alpha value is -3.46. The number of nitrogens with one attached hydrogen (secondary N) is 1. The highest BCUT2D eigenvalue weighted by atomic mass is 32.2. The van der Waals surface area contributed by atoms with Crippen molar-refractivity contribution >= 4 is 23.4 Å². The summed E-state index contributed by atoms with van der Waals surface area (Å²) >= 11 is 1.47. The second-order valence-electron chi connectivity index (χ2n) is 6.56.